The fraction of sp³-hybridized carbons (Fsp3) is 0.375. The Hall–Kier alpha value is -0.390. The molecule has 0 aliphatic heterocycles. The zero-order chi connectivity index (χ0) is 9.84. The Balaban J connectivity index is 2.61. The van der Waals surface area contributed by atoms with E-state index in [1.54, 1.807) is 0 Å². The lowest BCUT2D eigenvalue weighted by molar-refractivity contribution is -0.148. The number of halogens is 1. The highest BCUT2D eigenvalue weighted by atomic mass is 79.9. The summed E-state index contributed by atoms with van der Waals surface area (Å²) in [6.07, 6.45) is -0.326. The van der Waals surface area contributed by atoms with Crippen LogP contribution in [-0.4, -0.2) is 24.3 Å². The minimum atomic E-state index is -0.924. The van der Waals surface area contributed by atoms with E-state index in [0.717, 1.165) is 9.35 Å². The van der Waals surface area contributed by atoms with Crippen LogP contribution in [0, 0.1) is 0 Å². The van der Waals surface area contributed by atoms with Gasteiger partial charge in [0.1, 0.15) is 0 Å². The molecule has 1 rings (SSSR count). The number of carboxylic acids is 1. The largest absolute Gasteiger partial charge is 0.479 e. The third-order valence-corrected chi connectivity index (χ3v) is 3.29. The van der Waals surface area contributed by atoms with Crippen molar-refractivity contribution in [1.29, 1.82) is 0 Å². The fourth-order valence-electron chi connectivity index (χ4n) is 0.915. The molecule has 3 nitrogen and oxygen atoms in total. The first kappa shape index (κ1) is 10.7. The molecule has 1 heterocycles. The number of thiophene rings is 1. The number of rotatable bonds is 4. The van der Waals surface area contributed by atoms with Crippen LogP contribution in [0.25, 0.3) is 0 Å². The van der Waals surface area contributed by atoms with Crippen LogP contribution in [0.1, 0.15) is 4.88 Å². The van der Waals surface area contributed by atoms with Gasteiger partial charge in [0.25, 0.3) is 0 Å². The molecule has 0 amide bonds. The van der Waals surface area contributed by atoms with Gasteiger partial charge in [-0.25, -0.2) is 4.79 Å². The van der Waals surface area contributed by atoms with Gasteiger partial charge >= 0.3 is 5.97 Å². The number of methoxy groups -OCH3 is 1. The van der Waals surface area contributed by atoms with Crippen molar-refractivity contribution in [2.75, 3.05) is 7.11 Å². The molecule has 1 N–H and O–H groups in total. The summed E-state index contributed by atoms with van der Waals surface area (Å²) in [4.78, 5) is 11.6. The van der Waals surface area contributed by atoms with Gasteiger partial charge in [0.2, 0.25) is 0 Å². The second-order valence-electron chi connectivity index (χ2n) is 2.50. The summed E-state index contributed by atoms with van der Waals surface area (Å²) in [5, 5.41) is 10.6. The van der Waals surface area contributed by atoms with E-state index in [1.165, 1.54) is 18.4 Å². The van der Waals surface area contributed by atoms with Crippen LogP contribution in [0.3, 0.4) is 0 Å². The first-order chi connectivity index (χ1) is 6.13. The van der Waals surface area contributed by atoms with Crippen LogP contribution >= 0.6 is 27.3 Å². The third-order valence-electron chi connectivity index (χ3n) is 1.57. The average Bonchev–Trinajstić information content (AvgIpc) is 2.46. The van der Waals surface area contributed by atoms with E-state index in [9.17, 15) is 4.79 Å². The molecular weight excluding hydrogens is 256 g/mol. The quantitative estimate of drug-likeness (QED) is 0.907. The van der Waals surface area contributed by atoms with Crippen LogP contribution in [0.4, 0.5) is 0 Å². The number of carboxylic acid groups (broad SMARTS) is 1. The molecule has 0 aromatic carbocycles. The molecule has 0 spiro atoms. The first-order valence-electron chi connectivity index (χ1n) is 3.62. The van der Waals surface area contributed by atoms with Crippen molar-refractivity contribution in [1.82, 2.24) is 0 Å². The predicted molar refractivity (Wildman–Crippen MR) is 54.2 cm³/mol. The Morgan fingerprint density at radius 2 is 2.54 bits per heavy atom. The van der Waals surface area contributed by atoms with Crippen molar-refractivity contribution in [3.63, 3.8) is 0 Å². The van der Waals surface area contributed by atoms with E-state index in [4.69, 9.17) is 9.84 Å². The highest BCUT2D eigenvalue weighted by Gasteiger charge is 2.17. The van der Waals surface area contributed by atoms with Gasteiger partial charge in [-0.3, -0.25) is 0 Å². The molecule has 0 aliphatic rings. The average molecular weight is 265 g/mol. The van der Waals surface area contributed by atoms with Gasteiger partial charge in [0, 0.05) is 28.3 Å². The summed E-state index contributed by atoms with van der Waals surface area (Å²) < 4.78 is 5.80. The van der Waals surface area contributed by atoms with Crippen molar-refractivity contribution >= 4 is 33.2 Å². The van der Waals surface area contributed by atoms with Crippen LogP contribution in [0.2, 0.25) is 0 Å². The Morgan fingerprint density at radius 3 is 2.92 bits per heavy atom. The fourth-order valence-corrected chi connectivity index (χ4v) is 2.40. The van der Waals surface area contributed by atoms with Crippen molar-refractivity contribution in [3.8, 4) is 0 Å². The Kier molecular flexibility index (Phi) is 3.90. The summed E-state index contributed by atoms with van der Waals surface area (Å²) in [6, 6.07) is 1.90. The van der Waals surface area contributed by atoms with Crippen molar-refractivity contribution in [2.24, 2.45) is 0 Å². The van der Waals surface area contributed by atoms with Gasteiger partial charge in [0.15, 0.2) is 6.10 Å². The van der Waals surface area contributed by atoms with Gasteiger partial charge in [-0.2, -0.15) is 0 Å². The standard InChI is InChI=1S/C8H9BrO3S/c1-12-7(8(10)11)3-6-2-5(9)4-13-6/h2,4,7H,3H2,1H3,(H,10,11). The topological polar surface area (TPSA) is 46.5 Å². The van der Waals surface area contributed by atoms with Gasteiger partial charge < -0.3 is 9.84 Å². The van der Waals surface area contributed by atoms with Crippen LogP contribution in [0.5, 0.6) is 0 Å². The lowest BCUT2D eigenvalue weighted by Gasteiger charge is -2.07. The Morgan fingerprint density at radius 1 is 1.85 bits per heavy atom. The van der Waals surface area contributed by atoms with E-state index in [1.807, 2.05) is 11.4 Å². The molecule has 0 bridgehead atoms. The number of ether oxygens (including phenoxy) is 1. The molecule has 1 atom stereocenters. The summed E-state index contributed by atoms with van der Waals surface area (Å²) in [6.45, 7) is 0. The maximum atomic E-state index is 10.6. The van der Waals surface area contributed by atoms with Gasteiger partial charge in [0.05, 0.1) is 0 Å². The summed E-state index contributed by atoms with van der Waals surface area (Å²) >= 11 is 4.82. The molecule has 0 fully saturated rings. The number of aliphatic carboxylic acids is 1. The normalized spacial score (nSPS) is 12.8. The van der Waals surface area contributed by atoms with Crippen LogP contribution < -0.4 is 0 Å². The number of hydrogen-bond donors (Lipinski definition) is 1. The minimum absolute atomic E-state index is 0.419. The van der Waals surface area contributed by atoms with Crippen molar-refractivity contribution in [3.05, 3.63) is 20.8 Å². The van der Waals surface area contributed by atoms with E-state index >= 15 is 0 Å². The SMILES string of the molecule is COC(Cc1cc(Br)cs1)C(=O)O. The second-order valence-corrected chi connectivity index (χ2v) is 4.41. The van der Waals surface area contributed by atoms with Crippen molar-refractivity contribution < 1.29 is 14.6 Å². The lowest BCUT2D eigenvalue weighted by atomic mass is 10.2. The molecule has 72 valence electrons. The second kappa shape index (κ2) is 4.74. The van der Waals surface area contributed by atoms with Crippen LogP contribution in [-0.2, 0) is 16.0 Å². The molecular formula is C8H9BrO3S. The highest BCUT2D eigenvalue weighted by Crippen LogP contribution is 2.21. The summed E-state index contributed by atoms with van der Waals surface area (Å²) in [7, 11) is 1.40. The van der Waals surface area contributed by atoms with E-state index in [2.05, 4.69) is 15.9 Å². The van der Waals surface area contributed by atoms with E-state index in [-0.39, 0.29) is 0 Å². The van der Waals surface area contributed by atoms with E-state index < -0.39 is 12.1 Å². The monoisotopic (exact) mass is 264 g/mol. The molecule has 13 heavy (non-hydrogen) atoms. The molecule has 0 saturated carbocycles. The first-order valence-corrected chi connectivity index (χ1v) is 5.29. The Labute approximate surface area is 88.5 Å². The van der Waals surface area contributed by atoms with Gasteiger partial charge in [-0.1, -0.05) is 0 Å². The number of carbonyl (C=O) groups is 1. The molecule has 0 saturated heterocycles. The molecule has 1 aromatic rings. The van der Waals surface area contributed by atoms with E-state index in [0.29, 0.717) is 6.42 Å². The van der Waals surface area contributed by atoms with Gasteiger partial charge in [-0.15, -0.1) is 11.3 Å². The Bertz CT molecular complexity index is 297. The zero-order valence-electron chi connectivity index (χ0n) is 6.99. The molecule has 1 unspecified atom stereocenters. The smallest absolute Gasteiger partial charge is 0.333 e. The predicted octanol–water partition coefficient (Wildman–Crippen LogP) is 2.15. The molecule has 1 aromatic heterocycles. The van der Waals surface area contributed by atoms with Gasteiger partial charge in [-0.05, 0) is 22.0 Å². The maximum Gasteiger partial charge on any atom is 0.333 e. The van der Waals surface area contributed by atoms with Crippen LogP contribution in [0.15, 0.2) is 15.9 Å². The molecule has 0 radical (unpaired) electrons. The maximum absolute atomic E-state index is 10.6. The third kappa shape index (κ3) is 3.10. The zero-order valence-corrected chi connectivity index (χ0v) is 9.39. The van der Waals surface area contributed by atoms with Crippen molar-refractivity contribution in [2.45, 2.75) is 12.5 Å². The highest BCUT2D eigenvalue weighted by molar-refractivity contribution is 9.10. The summed E-state index contributed by atoms with van der Waals surface area (Å²) in [5.41, 5.74) is 0. The summed E-state index contributed by atoms with van der Waals surface area (Å²) in [5.74, 6) is -0.924. The molecule has 5 heteroatoms. The number of hydrogen-bond acceptors (Lipinski definition) is 3. The lowest BCUT2D eigenvalue weighted by Crippen LogP contribution is -2.24. The minimum Gasteiger partial charge on any atom is -0.479 e. The molecule has 0 aliphatic carbocycles.